The number of benzene rings is 2. The lowest BCUT2D eigenvalue weighted by atomic mass is 9.43. The molecule has 0 bridgehead atoms. The van der Waals surface area contributed by atoms with E-state index in [1.54, 1.807) is 27.7 Å². The van der Waals surface area contributed by atoms with Crippen LogP contribution in [0.2, 0.25) is 0 Å². The van der Waals surface area contributed by atoms with Gasteiger partial charge in [0.1, 0.15) is 24.6 Å². The zero-order valence-electron chi connectivity index (χ0n) is 50.9. The van der Waals surface area contributed by atoms with Crippen molar-refractivity contribution in [3.05, 3.63) is 112 Å². The molecule has 2 aromatic carbocycles. The quantitative estimate of drug-likeness (QED) is 0.137. The predicted octanol–water partition coefficient (Wildman–Crippen LogP) is 10.5. The molecule has 6 saturated carbocycles. The summed E-state index contributed by atoms with van der Waals surface area (Å²) < 4.78 is 65.4. The Morgan fingerprint density at radius 3 is 1.69 bits per heavy atom. The van der Waals surface area contributed by atoms with Crippen LogP contribution in [0.1, 0.15) is 160 Å². The molecule has 9 aliphatic carbocycles. The summed E-state index contributed by atoms with van der Waals surface area (Å²) in [5.74, 6) is -3.69. The maximum Gasteiger partial charge on any atom is 0.193 e. The number of hydrogen-bond acceptors (Lipinski definition) is 12. The van der Waals surface area contributed by atoms with Crippen LogP contribution in [0.25, 0.3) is 29.1 Å². The molecule has 11 aliphatic rings. The van der Waals surface area contributed by atoms with Crippen molar-refractivity contribution in [3.63, 3.8) is 0 Å². The number of aryl methyl sites for hydroxylation is 1. The molecule has 1 unspecified atom stereocenters. The van der Waals surface area contributed by atoms with Crippen LogP contribution >= 0.6 is 0 Å². The summed E-state index contributed by atoms with van der Waals surface area (Å²) in [5.41, 5.74) is 1.27. The van der Waals surface area contributed by atoms with Crippen LogP contribution < -0.4 is 0 Å². The molecule has 0 spiro atoms. The zero-order valence-corrected chi connectivity index (χ0v) is 50.9. The highest BCUT2D eigenvalue weighted by Gasteiger charge is 2.82. The smallest absolute Gasteiger partial charge is 0.193 e. The highest BCUT2D eigenvalue weighted by Crippen LogP contribution is 2.75. The molecule has 0 radical (unpaired) electrons. The lowest BCUT2D eigenvalue weighted by molar-refractivity contribution is -0.250. The van der Waals surface area contributed by atoms with Gasteiger partial charge in [-0.15, -0.1) is 0 Å². The summed E-state index contributed by atoms with van der Waals surface area (Å²) in [4.78, 5) is 26.9. The van der Waals surface area contributed by atoms with E-state index in [1.165, 1.54) is 16.7 Å². The van der Waals surface area contributed by atoms with E-state index >= 15 is 8.78 Å². The number of hydrogen-bond donors (Lipinski definition) is 4. The first-order valence-corrected chi connectivity index (χ1v) is 31.3. The third-order valence-corrected chi connectivity index (χ3v) is 24.3. The van der Waals surface area contributed by atoms with Gasteiger partial charge in [-0.05, 0) is 188 Å². The molecular formula is C69H84F2N4O10. The summed E-state index contributed by atoms with van der Waals surface area (Å²) >= 11 is 0. The number of aliphatic hydroxyl groups excluding tert-OH is 4. The third kappa shape index (κ3) is 7.55. The van der Waals surface area contributed by atoms with Crippen molar-refractivity contribution in [2.45, 2.75) is 205 Å². The molecular weight excluding hydrogens is 1080 g/mol. The number of allylic oxidation sites excluding steroid dienone is 4. The van der Waals surface area contributed by atoms with Gasteiger partial charge in [0.25, 0.3) is 0 Å². The van der Waals surface area contributed by atoms with Gasteiger partial charge in [-0.3, -0.25) is 9.59 Å². The fourth-order valence-corrected chi connectivity index (χ4v) is 20.5. The topological polar surface area (TPSA) is 188 Å². The van der Waals surface area contributed by atoms with E-state index in [0.717, 1.165) is 57.9 Å². The molecule has 4 heterocycles. The maximum absolute atomic E-state index is 18.2. The van der Waals surface area contributed by atoms with Gasteiger partial charge in [-0.2, -0.15) is 10.2 Å². The van der Waals surface area contributed by atoms with Crippen molar-refractivity contribution >= 4 is 29.3 Å². The highest BCUT2D eigenvalue weighted by molar-refractivity contribution is 5.92. The average molecular weight is 1170 g/mol. The van der Waals surface area contributed by atoms with Crippen LogP contribution in [0.4, 0.5) is 8.78 Å². The molecule has 2 aromatic heterocycles. The van der Waals surface area contributed by atoms with E-state index in [0.29, 0.717) is 57.3 Å². The van der Waals surface area contributed by atoms with Crippen LogP contribution in [0.15, 0.2) is 78.1 Å². The molecule has 2 aliphatic heterocycles. The standard InChI is InChI=1S/C37H45FN2O5.C32H39FN2O5/c1-21-6-7-23(14-21)22-8-11-26(12-9-22)40-19-24-17-34(4)25(15-29(24)39-40)10-13-27-28-16-32-37(31(43)20-41,45-33(2,3)44-32)35(28,5)18-30(42)36(27,34)38;1-18-6-9-21(10-7-18)35-24-12-20-8-11-22-23-13-27-32(26(38)17-36,40-28(2,3)39-27)30(23,5)15-25(37)31(22,33)29(20,4)14-19(24)16-34-35/h7-9,11-12,15,19,21,27-28,30,32,41-42H,6,10,13-14,16-18,20H2,1-5H3;6-7,9-10,12,16,22-23,25,27,36-37H,8,11,13-15,17H2,1-5H3/t21?,27-,28-,30-,32+,34-,35-,36-,37+;22-,23-,25-,27+,29-,30-,31-,32+/m00/s1. The monoisotopic (exact) mass is 1170 g/mol. The molecule has 17 atom stereocenters. The second-order valence-corrected chi connectivity index (χ2v) is 29.6. The predicted molar refractivity (Wildman–Crippen MR) is 314 cm³/mol. The van der Waals surface area contributed by atoms with Gasteiger partial charge in [0.05, 0.1) is 53.4 Å². The fraction of sp³-hybridized carbons (Fsp3) is 0.623. The Morgan fingerprint density at radius 2 is 1.19 bits per heavy atom. The Morgan fingerprint density at radius 1 is 0.682 bits per heavy atom. The minimum Gasteiger partial charge on any atom is -0.390 e. The summed E-state index contributed by atoms with van der Waals surface area (Å²) in [6, 6.07) is 16.7. The van der Waals surface area contributed by atoms with Crippen LogP contribution in [0.5, 0.6) is 0 Å². The number of ketones is 2. The molecule has 454 valence electrons. The lowest BCUT2D eigenvalue weighted by Gasteiger charge is -2.63. The molecule has 85 heavy (non-hydrogen) atoms. The molecule has 0 amide bonds. The van der Waals surface area contributed by atoms with Gasteiger partial charge >= 0.3 is 0 Å². The number of nitrogens with zero attached hydrogens (tertiary/aromatic N) is 4. The van der Waals surface area contributed by atoms with Gasteiger partial charge in [-0.1, -0.05) is 81.7 Å². The SMILES string of the molecule is CC1CC=C(c2ccc(-n3cc4c(n3)C=C3CC[C@H]5[C@@H]6C[C@H]7OC(C)(C)O[C@@]7(C(=O)CO)[C@@]6(C)C[C@H](O)[C@]5(F)[C@@]3(C)C4)cc2)C1.Cc1ccc(-n2ncc3c2C=C2CC[C@H]4[C@@H]5C[C@H]6OC(C)(C)O[C@@]6(C(=O)CO)[C@@]5(C)C[C@H](O)[C@]4(F)[C@@]2(C)C3)cc1. The number of alkyl halides is 2. The van der Waals surface area contributed by atoms with Gasteiger partial charge in [0.2, 0.25) is 0 Å². The molecule has 8 fully saturated rings. The van der Waals surface area contributed by atoms with Gasteiger partial charge in [-0.25, -0.2) is 18.1 Å². The number of fused-ring (bicyclic) bond motifs is 16. The van der Waals surface area contributed by atoms with Gasteiger partial charge in [0, 0.05) is 39.7 Å². The summed E-state index contributed by atoms with van der Waals surface area (Å²) in [7, 11) is 0. The Bertz CT molecular complexity index is 3530. The minimum absolute atomic E-state index is 0.0584. The Balaban J connectivity index is 0.000000152. The van der Waals surface area contributed by atoms with Gasteiger partial charge in [0.15, 0.2) is 34.3 Å². The zero-order chi connectivity index (χ0) is 60.2. The number of Topliss-reactive ketones (excluding diaryl/α,β-unsaturated/α-hetero) is 2. The van der Waals surface area contributed by atoms with E-state index in [2.05, 4.69) is 66.6 Å². The largest absolute Gasteiger partial charge is 0.390 e. The van der Waals surface area contributed by atoms with Crippen molar-refractivity contribution in [1.82, 2.24) is 19.6 Å². The third-order valence-electron chi connectivity index (χ3n) is 24.3. The van der Waals surface area contributed by atoms with Crippen molar-refractivity contribution in [2.75, 3.05) is 13.2 Å². The molecule has 2 saturated heterocycles. The van der Waals surface area contributed by atoms with Gasteiger partial charge < -0.3 is 39.4 Å². The number of aliphatic hydroxyl groups is 4. The van der Waals surface area contributed by atoms with Crippen LogP contribution in [-0.2, 0) is 41.4 Å². The van der Waals surface area contributed by atoms with Crippen molar-refractivity contribution in [1.29, 1.82) is 0 Å². The lowest BCUT2D eigenvalue weighted by Crippen LogP contribution is -2.70. The maximum atomic E-state index is 18.2. The van der Waals surface area contributed by atoms with E-state index < -0.39 is 117 Å². The molecule has 14 nitrogen and oxygen atoms in total. The summed E-state index contributed by atoms with van der Waals surface area (Å²) in [6.07, 6.45) is 13.2. The number of rotatable bonds is 7. The van der Waals surface area contributed by atoms with Crippen LogP contribution in [0.3, 0.4) is 0 Å². The van der Waals surface area contributed by atoms with E-state index in [1.807, 2.05) is 68.5 Å². The number of halogens is 2. The number of aromatic nitrogens is 4. The van der Waals surface area contributed by atoms with E-state index in [9.17, 15) is 30.0 Å². The number of carbonyl (C=O) groups is 2. The first kappa shape index (κ1) is 57.7. The van der Waals surface area contributed by atoms with Crippen LogP contribution in [-0.4, -0.2) is 123 Å². The fourth-order valence-electron chi connectivity index (χ4n) is 20.5. The average Bonchev–Trinajstić information content (AvgIpc) is 1.63. The summed E-state index contributed by atoms with van der Waals surface area (Å²) in [5, 5.41) is 53.5. The molecule has 4 aromatic rings. The van der Waals surface area contributed by atoms with Crippen LogP contribution in [0, 0.1) is 58.2 Å². The van der Waals surface area contributed by atoms with Crippen molar-refractivity contribution < 1.29 is 57.7 Å². The van der Waals surface area contributed by atoms with E-state index in [4.69, 9.17) is 24.0 Å². The summed E-state index contributed by atoms with van der Waals surface area (Å²) in [6.45, 7) is 17.9. The normalized spacial score (nSPS) is 42.7. The Hall–Kier alpha value is -5.04. The second kappa shape index (κ2) is 18.8. The first-order chi connectivity index (χ1) is 40.1. The minimum atomic E-state index is -1.91. The van der Waals surface area contributed by atoms with Crippen molar-refractivity contribution in [3.8, 4) is 11.4 Å². The second-order valence-electron chi connectivity index (χ2n) is 29.6. The molecule has 15 rings (SSSR count). The number of carbonyl (C=O) groups excluding carboxylic acids is 2. The highest BCUT2D eigenvalue weighted by atomic mass is 19.1. The molecule has 16 heteroatoms. The Labute approximate surface area is 497 Å². The number of ether oxygens (including phenoxy) is 4. The van der Waals surface area contributed by atoms with Crippen molar-refractivity contribution in [2.24, 2.45) is 51.2 Å². The first-order valence-electron chi connectivity index (χ1n) is 31.3. The molecule has 4 N–H and O–H groups in total. The van der Waals surface area contributed by atoms with E-state index in [-0.39, 0.29) is 24.7 Å². The Kier molecular flexibility index (Phi) is 12.7.